The molecule has 0 spiro atoms. The van der Waals surface area contributed by atoms with Gasteiger partial charge in [0.1, 0.15) is 11.6 Å². The van der Waals surface area contributed by atoms with Gasteiger partial charge in [0.25, 0.3) is 0 Å². The van der Waals surface area contributed by atoms with Crippen molar-refractivity contribution in [1.82, 2.24) is 0 Å². The molecule has 3 heterocycles. The van der Waals surface area contributed by atoms with Gasteiger partial charge >= 0.3 is 0 Å². The lowest BCUT2D eigenvalue weighted by Gasteiger charge is -2.43. The van der Waals surface area contributed by atoms with E-state index in [2.05, 4.69) is 125 Å². The number of benzene rings is 4. The number of hydrogen-bond donors (Lipinski definition) is 0. The minimum absolute atomic E-state index is 0.150. The number of nitrogens with zero attached hydrogens (tertiary/aromatic N) is 2. The van der Waals surface area contributed by atoms with Crippen molar-refractivity contribution >= 4 is 21.5 Å². The summed E-state index contributed by atoms with van der Waals surface area (Å²) in [6.07, 6.45) is 9.55. The fraction of sp³-hybridized carbons (Fsp3) is 0.362. The second-order valence-corrected chi connectivity index (χ2v) is 16.6. The van der Waals surface area contributed by atoms with E-state index in [9.17, 15) is 0 Å². The van der Waals surface area contributed by atoms with Gasteiger partial charge in [0.05, 0.1) is 21.9 Å². The zero-order valence-electron chi connectivity index (χ0n) is 31.3. The van der Waals surface area contributed by atoms with Gasteiger partial charge in [0.15, 0.2) is 12.4 Å². The van der Waals surface area contributed by atoms with Crippen LogP contribution in [0.3, 0.4) is 0 Å². The fourth-order valence-electron chi connectivity index (χ4n) is 10.8. The summed E-state index contributed by atoms with van der Waals surface area (Å²) in [6, 6.07) is 23.0. The van der Waals surface area contributed by atoms with Crippen LogP contribution in [0.2, 0.25) is 0 Å². The Morgan fingerprint density at radius 3 is 2.08 bits per heavy atom. The minimum Gasteiger partial charge on any atom is -0.207 e. The second-order valence-electron chi connectivity index (χ2n) is 16.6. The monoisotopic (exact) mass is 678 g/mol. The Morgan fingerprint density at radius 1 is 0.686 bits per heavy atom. The Kier molecular flexibility index (Phi) is 6.87. The summed E-state index contributed by atoms with van der Waals surface area (Å²) in [6.45, 7) is 17.7. The summed E-state index contributed by atoms with van der Waals surface area (Å²) < 4.78 is 38.0. The molecule has 0 N–H and O–H groups in total. The molecular formula is C47H48F2N2+2. The molecule has 0 bridgehead atoms. The van der Waals surface area contributed by atoms with Crippen LogP contribution in [0.25, 0.3) is 44.1 Å². The third kappa shape index (κ3) is 3.97. The van der Waals surface area contributed by atoms with Gasteiger partial charge in [-0.05, 0) is 71.0 Å². The molecule has 0 radical (unpaired) electrons. The maximum absolute atomic E-state index is 16.7. The van der Waals surface area contributed by atoms with Gasteiger partial charge < -0.3 is 0 Å². The molecular weight excluding hydrogens is 631 g/mol. The molecule has 51 heavy (non-hydrogen) atoms. The van der Waals surface area contributed by atoms with Crippen LogP contribution in [0.1, 0.15) is 119 Å². The van der Waals surface area contributed by atoms with E-state index in [1.807, 2.05) is 6.07 Å². The second kappa shape index (κ2) is 10.8. The highest BCUT2D eigenvalue weighted by molar-refractivity contribution is 6.02. The number of unbranched alkanes of at least 4 members (excludes halogenated alkanes) is 1. The lowest BCUT2D eigenvalue weighted by molar-refractivity contribution is -0.837. The molecule has 0 fully saturated rings. The van der Waals surface area contributed by atoms with Crippen molar-refractivity contribution in [2.24, 2.45) is 0 Å². The van der Waals surface area contributed by atoms with Gasteiger partial charge in [0.2, 0.25) is 23.0 Å². The smallest absolute Gasteiger partial charge is 0.207 e. The highest BCUT2D eigenvalue weighted by Crippen LogP contribution is 2.56. The maximum atomic E-state index is 16.7. The minimum atomic E-state index is -0.545. The van der Waals surface area contributed by atoms with Crippen LogP contribution in [0.4, 0.5) is 8.78 Å². The molecule has 1 aliphatic heterocycles. The van der Waals surface area contributed by atoms with Gasteiger partial charge in [-0.15, -0.1) is 0 Å². The first-order chi connectivity index (χ1) is 24.4. The molecule has 3 aliphatic rings. The average Bonchev–Trinajstić information content (AvgIpc) is 3.12. The maximum Gasteiger partial charge on any atom is 0.248 e. The van der Waals surface area contributed by atoms with Gasteiger partial charge in [-0.3, -0.25) is 0 Å². The lowest BCUT2D eigenvalue weighted by atomic mass is 9.63. The number of aryl methyl sites for hydroxylation is 2. The van der Waals surface area contributed by atoms with Gasteiger partial charge in [-0.25, -0.2) is 8.78 Å². The van der Waals surface area contributed by atoms with Crippen LogP contribution < -0.4 is 9.13 Å². The molecule has 6 aromatic rings. The van der Waals surface area contributed by atoms with Crippen molar-refractivity contribution in [2.45, 2.75) is 110 Å². The lowest BCUT2D eigenvalue weighted by Crippen LogP contribution is -2.69. The summed E-state index contributed by atoms with van der Waals surface area (Å²) >= 11 is 0. The van der Waals surface area contributed by atoms with Crippen LogP contribution in [-0.2, 0) is 22.8 Å². The van der Waals surface area contributed by atoms with Crippen molar-refractivity contribution in [3.8, 4) is 22.5 Å². The van der Waals surface area contributed by atoms with Crippen molar-refractivity contribution < 1.29 is 17.9 Å². The molecule has 4 heteroatoms. The number of fused-ring (bicyclic) bond motifs is 2. The van der Waals surface area contributed by atoms with Gasteiger partial charge in [0, 0.05) is 52.5 Å². The SMILES string of the molecule is CCCCc1cc2c3c4[n+](ccc3c1)C(CC)(CC)C([n+]1ccc3cccc5c3c1-c1c(C)ccc(F)c1C5(C)C)c1ccc(F)c(c1-4)C2(C)C. The van der Waals surface area contributed by atoms with Crippen LogP contribution in [0.15, 0.2) is 79.1 Å². The van der Waals surface area contributed by atoms with E-state index < -0.39 is 10.8 Å². The zero-order valence-corrected chi connectivity index (χ0v) is 31.3. The predicted molar refractivity (Wildman–Crippen MR) is 203 cm³/mol. The topological polar surface area (TPSA) is 7.76 Å². The first kappa shape index (κ1) is 32.5. The van der Waals surface area contributed by atoms with E-state index in [4.69, 9.17) is 0 Å². The molecule has 2 nitrogen and oxygen atoms in total. The third-order valence-corrected chi connectivity index (χ3v) is 13.3. The quantitative estimate of drug-likeness (QED) is 0.155. The molecule has 1 atom stereocenters. The van der Waals surface area contributed by atoms with Crippen molar-refractivity contribution in [3.05, 3.63) is 130 Å². The van der Waals surface area contributed by atoms with E-state index in [1.165, 1.54) is 27.3 Å². The largest absolute Gasteiger partial charge is 0.248 e. The van der Waals surface area contributed by atoms with Crippen LogP contribution >= 0.6 is 0 Å². The summed E-state index contributed by atoms with van der Waals surface area (Å²) in [5.74, 6) is -0.319. The standard InChI is InChI=1S/C47H48F2N2/c1-9-12-14-28-25-30-22-24-51-43-38(30)33(26-28)46(7,8)41-35(49)20-18-31(39(41)43)44(47(51,10-2)11-3)50-23-21-29-15-13-16-32-37(29)42(50)36-27(4)17-19-34(48)40(36)45(32,5)6/h13,15-26,44H,9-12,14H2,1-8H3/q+2. The summed E-state index contributed by atoms with van der Waals surface area (Å²) in [7, 11) is 0. The van der Waals surface area contributed by atoms with E-state index >= 15 is 8.78 Å². The first-order valence-electron chi connectivity index (χ1n) is 19.0. The van der Waals surface area contributed by atoms with E-state index in [1.54, 1.807) is 12.1 Å². The molecule has 9 rings (SSSR count). The Morgan fingerprint density at radius 2 is 1.35 bits per heavy atom. The van der Waals surface area contributed by atoms with Crippen LogP contribution in [-0.4, -0.2) is 0 Å². The zero-order chi connectivity index (χ0) is 35.8. The average molecular weight is 679 g/mol. The normalized spacial score (nSPS) is 18.3. The van der Waals surface area contributed by atoms with Crippen molar-refractivity contribution in [3.63, 3.8) is 0 Å². The molecule has 4 aromatic carbocycles. The van der Waals surface area contributed by atoms with Crippen LogP contribution in [0.5, 0.6) is 0 Å². The third-order valence-electron chi connectivity index (χ3n) is 13.3. The fourth-order valence-corrected chi connectivity index (χ4v) is 10.8. The summed E-state index contributed by atoms with van der Waals surface area (Å²) in [4.78, 5) is 0. The molecule has 1 unspecified atom stereocenters. The van der Waals surface area contributed by atoms with E-state index in [-0.39, 0.29) is 23.2 Å². The molecule has 0 amide bonds. The number of rotatable bonds is 6. The molecule has 0 saturated heterocycles. The summed E-state index contributed by atoms with van der Waals surface area (Å²) in [5, 5.41) is 4.82. The Balaban J connectivity index is 1.45. The Labute approximate surface area is 300 Å². The number of halogens is 2. The Hall–Kier alpha value is -4.44. The van der Waals surface area contributed by atoms with Gasteiger partial charge in [-0.2, -0.15) is 9.13 Å². The summed E-state index contributed by atoms with van der Waals surface area (Å²) in [5.41, 5.74) is 10.2. The van der Waals surface area contributed by atoms with Crippen molar-refractivity contribution in [2.75, 3.05) is 0 Å². The Bertz CT molecular complexity index is 2480. The van der Waals surface area contributed by atoms with E-state index in [0.717, 1.165) is 87.8 Å². The highest BCUT2D eigenvalue weighted by atomic mass is 19.1. The molecule has 2 aromatic heterocycles. The van der Waals surface area contributed by atoms with Gasteiger partial charge in [-0.1, -0.05) is 91.3 Å². The molecule has 2 aliphatic carbocycles. The van der Waals surface area contributed by atoms with Crippen LogP contribution in [0, 0.1) is 18.6 Å². The molecule has 0 saturated carbocycles. The van der Waals surface area contributed by atoms with Crippen molar-refractivity contribution in [1.29, 1.82) is 0 Å². The number of hydrogen-bond acceptors (Lipinski definition) is 0. The first-order valence-corrected chi connectivity index (χ1v) is 19.0. The van der Waals surface area contributed by atoms with E-state index in [0.29, 0.717) is 0 Å². The molecule has 258 valence electrons. The highest BCUT2D eigenvalue weighted by Gasteiger charge is 2.61. The predicted octanol–water partition coefficient (Wildman–Crippen LogP) is 11.2. The number of aromatic nitrogens is 2. The number of pyridine rings is 2.